The Kier molecular flexibility index (Phi) is 10.5. The summed E-state index contributed by atoms with van der Waals surface area (Å²) in [5, 5.41) is 4.22. The molecule has 1 aromatic carbocycles. The largest absolute Gasteiger partial charge is 0.486 e. The van der Waals surface area contributed by atoms with E-state index in [0.717, 1.165) is 13.0 Å². The molecule has 0 heterocycles. The van der Waals surface area contributed by atoms with Crippen LogP contribution >= 0.6 is 35.6 Å². The van der Waals surface area contributed by atoms with Crippen molar-refractivity contribution >= 4 is 35.6 Å². The maximum Gasteiger partial charge on any atom is 0.138 e. The standard InChI is InChI=1S/C13H19Cl2NO2.ClH/c1-3-17-9-11(6-7-16-2)18-13-5-4-10(14)8-12(13)15;/h4-5,8,11,16H,3,6-7,9H2,1-2H3;1H/t11-;/m1./s1. The normalized spacial score (nSPS) is 11.8. The van der Waals surface area contributed by atoms with E-state index >= 15 is 0 Å². The van der Waals surface area contributed by atoms with Gasteiger partial charge in [0.15, 0.2) is 0 Å². The lowest BCUT2D eigenvalue weighted by Crippen LogP contribution is -2.27. The average Bonchev–Trinajstić information content (AvgIpc) is 2.35. The highest BCUT2D eigenvalue weighted by molar-refractivity contribution is 6.35. The van der Waals surface area contributed by atoms with Gasteiger partial charge in [0.05, 0.1) is 11.6 Å². The van der Waals surface area contributed by atoms with Crippen LogP contribution in [0.2, 0.25) is 10.0 Å². The van der Waals surface area contributed by atoms with Crippen molar-refractivity contribution in [2.24, 2.45) is 0 Å². The lowest BCUT2D eigenvalue weighted by Gasteiger charge is -2.19. The first-order chi connectivity index (χ1) is 8.67. The third kappa shape index (κ3) is 7.23. The van der Waals surface area contributed by atoms with Crippen LogP contribution in [0.4, 0.5) is 0 Å². The summed E-state index contributed by atoms with van der Waals surface area (Å²) < 4.78 is 11.3. The van der Waals surface area contributed by atoms with Crippen LogP contribution < -0.4 is 10.1 Å². The van der Waals surface area contributed by atoms with Crippen LogP contribution in [0.15, 0.2) is 18.2 Å². The van der Waals surface area contributed by atoms with Crippen molar-refractivity contribution in [1.29, 1.82) is 0 Å². The number of nitrogens with one attached hydrogen (secondary N) is 1. The molecule has 0 bridgehead atoms. The molecule has 0 aromatic heterocycles. The molecule has 6 heteroatoms. The first-order valence-electron chi connectivity index (χ1n) is 6.01. The number of benzene rings is 1. The second-order valence-corrected chi connectivity index (χ2v) is 4.71. The van der Waals surface area contributed by atoms with Gasteiger partial charge < -0.3 is 14.8 Å². The fraction of sp³-hybridized carbons (Fsp3) is 0.538. The van der Waals surface area contributed by atoms with Crippen LogP contribution in [0.3, 0.4) is 0 Å². The van der Waals surface area contributed by atoms with E-state index in [0.29, 0.717) is 29.0 Å². The van der Waals surface area contributed by atoms with E-state index in [-0.39, 0.29) is 18.5 Å². The molecule has 0 unspecified atom stereocenters. The molecule has 0 aliphatic heterocycles. The lowest BCUT2D eigenvalue weighted by atomic mass is 10.2. The number of hydrogen-bond donors (Lipinski definition) is 1. The minimum Gasteiger partial charge on any atom is -0.486 e. The van der Waals surface area contributed by atoms with Crippen molar-refractivity contribution in [3.05, 3.63) is 28.2 Å². The zero-order valence-corrected chi connectivity index (χ0v) is 13.4. The van der Waals surface area contributed by atoms with Crippen molar-refractivity contribution in [2.75, 3.05) is 26.8 Å². The molecule has 19 heavy (non-hydrogen) atoms. The van der Waals surface area contributed by atoms with Gasteiger partial charge in [0, 0.05) is 11.6 Å². The highest BCUT2D eigenvalue weighted by atomic mass is 35.5. The Labute approximate surface area is 131 Å². The molecule has 3 nitrogen and oxygen atoms in total. The van der Waals surface area contributed by atoms with Gasteiger partial charge in [-0.15, -0.1) is 12.4 Å². The van der Waals surface area contributed by atoms with E-state index < -0.39 is 0 Å². The molecule has 0 radical (unpaired) electrons. The zero-order chi connectivity index (χ0) is 13.4. The molecule has 1 N–H and O–H groups in total. The van der Waals surface area contributed by atoms with Crippen LogP contribution in [0.5, 0.6) is 5.75 Å². The smallest absolute Gasteiger partial charge is 0.138 e. The van der Waals surface area contributed by atoms with Crippen LogP contribution in [-0.2, 0) is 4.74 Å². The maximum absolute atomic E-state index is 6.08. The minimum absolute atomic E-state index is 0. The van der Waals surface area contributed by atoms with Gasteiger partial charge in [0.1, 0.15) is 11.9 Å². The van der Waals surface area contributed by atoms with E-state index in [1.807, 2.05) is 14.0 Å². The van der Waals surface area contributed by atoms with Crippen molar-refractivity contribution < 1.29 is 9.47 Å². The summed E-state index contributed by atoms with van der Waals surface area (Å²) in [4.78, 5) is 0. The van der Waals surface area contributed by atoms with Crippen LogP contribution in [-0.4, -0.2) is 32.9 Å². The summed E-state index contributed by atoms with van der Waals surface area (Å²) in [6, 6.07) is 5.22. The SMILES string of the molecule is CCOC[C@@H](CCNC)Oc1ccc(Cl)cc1Cl.Cl. The van der Waals surface area contributed by atoms with Gasteiger partial charge in [-0.2, -0.15) is 0 Å². The molecular weight excluding hydrogens is 309 g/mol. The molecule has 0 fully saturated rings. The van der Waals surface area contributed by atoms with E-state index in [4.69, 9.17) is 32.7 Å². The maximum atomic E-state index is 6.08. The van der Waals surface area contributed by atoms with Crippen molar-refractivity contribution in [2.45, 2.75) is 19.4 Å². The third-order valence-electron chi connectivity index (χ3n) is 2.41. The summed E-state index contributed by atoms with van der Waals surface area (Å²) in [6.45, 7) is 4.05. The quantitative estimate of drug-likeness (QED) is 0.787. The van der Waals surface area contributed by atoms with Crippen molar-refractivity contribution in [3.63, 3.8) is 0 Å². The summed E-state index contributed by atoms with van der Waals surface area (Å²) in [7, 11) is 1.91. The Morgan fingerprint density at radius 2 is 2.05 bits per heavy atom. The molecule has 0 saturated heterocycles. The van der Waals surface area contributed by atoms with E-state index in [1.165, 1.54) is 0 Å². The van der Waals surface area contributed by atoms with Crippen molar-refractivity contribution in [1.82, 2.24) is 5.32 Å². The molecule has 0 saturated carbocycles. The van der Waals surface area contributed by atoms with Gasteiger partial charge in [0.2, 0.25) is 0 Å². The summed E-state index contributed by atoms with van der Waals surface area (Å²) in [5.41, 5.74) is 0. The summed E-state index contributed by atoms with van der Waals surface area (Å²) in [5.74, 6) is 0.641. The summed E-state index contributed by atoms with van der Waals surface area (Å²) in [6.07, 6.45) is 0.839. The zero-order valence-electron chi connectivity index (χ0n) is 11.1. The Morgan fingerprint density at radius 3 is 2.63 bits per heavy atom. The molecule has 0 aliphatic carbocycles. The number of rotatable bonds is 8. The molecular formula is C13H20Cl3NO2. The molecule has 1 rings (SSSR count). The van der Waals surface area contributed by atoms with Gasteiger partial charge in [-0.1, -0.05) is 23.2 Å². The van der Waals surface area contributed by atoms with Gasteiger partial charge in [-0.05, 0) is 45.1 Å². The van der Waals surface area contributed by atoms with Gasteiger partial charge in [0.25, 0.3) is 0 Å². The van der Waals surface area contributed by atoms with Crippen molar-refractivity contribution in [3.8, 4) is 5.75 Å². The summed E-state index contributed by atoms with van der Waals surface area (Å²) >= 11 is 11.9. The fourth-order valence-electron chi connectivity index (χ4n) is 1.48. The van der Waals surface area contributed by atoms with Gasteiger partial charge >= 0.3 is 0 Å². The van der Waals surface area contributed by atoms with Crippen LogP contribution in [0.25, 0.3) is 0 Å². The Morgan fingerprint density at radius 1 is 1.32 bits per heavy atom. The van der Waals surface area contributed by atoms with E-state index in [1.54, 1.807) is 18.2 Å². The Hall–Kier alpha value is -0.190. The van der Waals surface area contributed by atoms with E-state index in [2.05, 4.69) is 5.32 Å². The monoisotopic (exact) mass is 327 g/mol. The molecule has 0 amide bonds. The van der Waals surface area contributed by atoms with Crippen LogP contribution in [0, 0.1) is 0 Å². The first-order valence-corrected chi connectivity index (χ1v) is 6.77. The second-order valence-electron chi connectivity index (χ2n) is 3.87. The molecule has 1 atom stereocenters. The second kappa shape index (κ2) is 10.6. The highest BCUT2D eigenvalue weighted by Gasteiger charge is 2.12. The van der Waals surface area contributed by atoms with Gasteiger partial charge in [-0.25, -0.2) is 0 Å². The highest BCUT2D eigenvalue weighted by Crippen LogP contribution is 2.28. The minimum atomic E-state index is -0.0175. The first kappa shape index (κ1) is 18.8. The molecule has 110 valence electrons. The molecule has 0 aliphatic rings. The number of halogens is 3. The number of hydrogen-bond acceptors (Lipinski definition) is 3. The third-order valence-corrected chi connectivity index (χ3v) is 2.94. The lowest BCUT2D eigenvalue weighted by molar-refractivity contribution is 0.0526. The Balaban J connectivity index is 0.00000324. The Bertz CT molecular complexity index is 356. The molecule has 0 spiro atoms. The molecule has 1 aromatic rings. The number of ether oxygens (including phenoxy) is 2. The topological polar surface area (TPSA) is 30.5 Å². The van der Waals surface area contributed by atoms with E-state index in [9.17, 15) is 0 Å². The predicted octanol–water partition coefficient (Wildman–Crippen LogP) is 3.81. The van der Waals surface area contributed by atoms with Crippen LogP contribution in [0.1, 0.15) is 13.3 Å². The predicted molar refractivity (Wildman–Crippen MR) is 83.2 cm³/mol. The average molecular weight is 329 g/mol. The fourth-order valence-corrected chi connectivity index (χ4v) is 1.93. The van der Waals surface area contributed by atoms with Gasteiger partial charge in [-0.3, -0.25) is 0 Å².